The summed E-state index contributed by atoms with van der Waals surface area (Å²) >= 11 is 0. The second-order valence-electron chi connectivity index (χ2n) is 4.85. The van der Waals surface area contributed by atoms with E-state index < -0.39 is 11.4 Å². The number of hydrogen-bond acceptors (Lipinski definition) is 3. The third-order valence-electron chi connectivity index (χ3n) is 3.12. The van der Waals surface area contributed by atoms with E-state index in [1.165, 1.54) is 6.07 Å². The Balaban J connectivity index is 2.13. The van der Waals surface area contributed by atoms with Crippen molar-refractivity contribution >= 4 is 0 Å². The molecule has 0 aromatic heterocycles. The fourth-order valence-electron chi connectivity index (χ4n) is 2.20. The lowest BCUT2D eigenvalue weighted by Crippen LogP contribution is -2.29. The van der Waals surface area contributed by atoms with Gasteiger partial charge in [-0.25, -0.2) is 4.39 Å². The molecule has 0 amide bonds. The molecule has 1 aliphatic rings. The normalized spacial score (nSPS) is 24.8. The Morgan fingerprint density at radius 3 is 2.94 bits per heavy atom. The Labute approximate surface area is 100 Å². The minimum atomic E-state index is -0.677. The lowest BCUT2D eigenvalue weighted by atomic mass is 10.1. The molecule has 1 atom stereocenters. The summed E-state index contributed by atoms with van der Waals surface area (Å²) < 4.78 is 13.8. The van der Waals surface area contributed by atoms with Crippen LogP contribution in [0.25, 0.3) is 0 Å². The molecule has 1 aromatic rings. The maximum absolute atomic E-state index is 13.8. The molecule has 90 valence electrons. The van der Waals surface area contributed by atoms with E-state index in [9.17, 15) is 9.50 Å². The molecule has 17 heavy (non-hydrogen) atoms. The van der Waals surface area contributed by atoms with Crippen molar-refractivity contribution in [3.05, 3.63) is 35.1 Å². The van der Waals surface area contributed by atoms with Crippen LogP contribution in [-0.2, 0) is 6.54 Å². The van der Waals surface area contributed by atoms with Gasteiger partial charge in [0.15, 0.2) is 0 Å². The van der Waals surface area contributed by atoms with Gasteiger partial charge < -0.3 is 5.11 Å². The third kappa shape index (κ3) is 2.63. The van der Waals surface area contributed by atoms with Gasteiger partial charge in [0.25, 0.3) is 0 Å². The molecule has 1 aromatic carbocycles. The second-order valence-corrected chi connectivity index (χ2v) is 4.85. The number of hydrogen-bond donors (Lipinski definition) is 1. The van der Waals surface area contributed by atoms with Gasteiger partial charge in [-0.2, -0.15) is 5.26 Å². The third-order valence-corrected chi connectivity index (χ3v) is 3.12. The average Bonchev–Trinajstić information content (AvgIpc) is 2.61. The Hall–Kier alpha value is -1.44. The Morgan fingerprint density at radius 1 is 1.59 bits per heavy atom. The van der Waals surface area contributed by atoms with Crippen molar-refractivity contribution < 1.29 is 9.50 Å². The zero-order valence-corrected chi connectivity index (χ0v) is 9.78. The summed E-state index contributed by atoms with van der Waals surface area (Å²) in [5.41, 5.74) is -0.0845. The standard InChI is InChI=1S/C13H15FN2O/c1-13(17)5-6-16(9-13)8-11-4-2-3-10(7-15)12(11)14/h2-4,17H,5-6,8-9H2,1H3. The largest absolute Gasteiger partial charge is 0.389 e. The van der Waals surface area contributed by atoms with Crippen LogP contribution in [0.4, 0.5) is 4.39 Å². The molecule has 1 aliphatic heterocycles. The molecular formula is C13H15FN2O. The molecular weight excluding hydrogens is 219 g/mol. The van der Waals surface area contributed by atoms with E-state index in [1.807, 2.05) is 11.0 Å². The van der Waals surface area contributed by atoms with Crippen molar-refractivity contribution in [3.8, 4) is 6.07 Å². The number of halogens is 1. The van der Waals surface area contributed by atoms with Crippen molar-refractivity contribution in [1.82, 2.24) is 4.90 Å². The fraction of sp³-hybridized carbons (Fsp3) is 0.462. The lowest BCUT2D eigenvalue weighted by molar-refractivity contribution is 0.0677. The smallest absolute Gasteiger partial charge is 0.145 e. The molecule has 1 saturated heterocycles. The first-order valence-electron chi connectivity index (χ1n) is 5.64. The molecule has 0 aliphatic carbocycles. The minimum Gasteiger partial charge on any atom is -0.389 e. The van der Waals surface area contributed by atoms with E-state index in [-0.39, 0.29) is 5.56 Å². The predicted molar refractivity (Wildman–Crippen MR) is 61.6 cm³/mol. The summed E-state index contributed by atoms with van der Waals surface area (Å²) in [7, 11) is 0. The monoisotopic (exact) mass is 234 g/mol. The number of rotatable bonds is 2. The molecule has 0 radical (unpaired) electrons. The zero-order chi connectivity index (χ0) is 12.5. The van der Waals surface area contributed by atoms with Crippen LogP contribution < -0.4 is 0 Å². The van der Waals surface area contributed by atoms with Gasteiger partial charge in [0.2, 0.25) is 0 Å². The number of β-amino-alcohol motifs (C(OH)–C–C–N with tert-alkyl or cyclic N) is 1. The van der Waals surface area contributed by atoms with Gasteiger partial charge in [-0.05, 0) is 19.4 Å². The van der Waals surface area contributed by atoms with Crippen LogP contribution in [0.3, 0.4) is 0 Å². The van der Waals surface area contributed by atoms with Crippen molar-refractivity contribution in [2.45, 2.75) is 25.5 Å². The number of aliphatic hydroxyl groups is 1. The summed E-state index contributed by atoms with van der Waals surface area (Å²) in [6.07, 6.45) is 0.701. The van der Waals surface area contributed by atoms with Crippen LogP contribution in [-0.4, -0.2) is 28.7 Å². The average molecular weight is 234 g/mol. The van der Waals surface area contributed by atoms with E-state index >= 15 is 0 Å². The number of nitrogens with zero attached hydrogens (tertiary/aromatic N) is 2. The van der Waals surface area contributed by atoms with Gasteiger partial charge in [0, 0.05) is 25.2 Å². The summed E-state index contributed by atoms with van der Waals surface area (Å²) in [6, 6.07) is 6.67. The van der Waals surface area contributed by atoms with Crippen LogP contribution in [0.5, 0.6) is 0 Å². The summed E-state index contributed by atoms with van der Waals surface area (Å²) in [4.78, 5) is 2.00. The van der Waals surface area contributed by atoms with Gasteiger partial charge in [-0.1, -0.05) is 12.1 Å². The second kappa shape index (κ2) is 4.44. The van der Waals surface area contributed by atoms with Gasteiger partial charge in [0.05, 0.1) is 11.2 Å². The molecule has 1 fully saturated rings. The topological polar surface area (TPSA) is 47.3 Å². The SMILES string of the molecule is CC1(O)CCN(Cc2cccc(C#N)c2F)C1. The van der Waals surface area contributed by atoms with Gasteiger partial charge >= 0.3 is 0 Å². The van der Waals surface area contributed by atoms with Gasteiger partial charge in [-0.15, -0.1) is 0 Å². The van der Waals surface area contributed by atoms with Crippen LogP contribution >= 0.6 is 0 Å². The van der Waals surface area contributed by atoms with Crippen molar-refractivity contribution in [1.29, 1.82) is 5.26 Å². The molecule has 4 heteroatoms. The van der Waals surface area contributed by atoms with Crippen LogP contribution in [0.1, 0.15) is 24.5 Å². The van der Waals surface area contributed by atoms with Crippen molar-refractivity contribution in [2.24, 2.45) is 0 Å². The molecule has 1 heterocycles. The Bertz CT molecular complexity index is 465. The van der Waals surface area contributed by atoms with E-state index in [2.05, 4.69) is 0 Å². The first kappa shape index (κ1) is 12.0. The lowest BCUT2D eigenvalue weighted by Gasteiger charge is -2.19. The predicted octanol–water partition coefficient (Wildman–Crippen LogP) is 1.65. The Morgan fingerprint density at radius 2 is 2.35 bits per heavy atom. The number of likely N-dealkylation sites (tertiary alicyclic amines) is 1. The highest BCUT2D eigenvalue weighted by Gasteiger charge is 2.31. The summed E-state index contributed by atoms with van der Waals surface area (Å²) in [5.74, 6) is -0.443. The summed E-state index contributed by atoms with van der Waals surface area (Å²) in [6.45, 7) is 3.53. The highest BCUT2D eigenvalue weighted by atomic mass is 19.1. The maximum atomic E-state index is 13.8. The number of benzene rings is 1. The molecule has 2 rings (SSSR count). The molecule has 0 spiro atoms. The Kier molecular flexibility index (Phi) is 3.14. The molecule has 0 bridgehead atoms. The first-order valence-corrected chi connectivity index (χ1v) is 5.64. The van der Waals surface area contributed by atoms with Gasteiger partial charge in [0.1, 0.15) is 11.9 Å². The summed E-state index contributed by atoms with van der Waals surface area (Å²) in [5, 5.41) is 18.6. The fourth-order valence-corrected chi connectivity index (χ4v) is 2.20. The highest BCUT2D eigenvalue weighted by molar-refractivity contribution is 5.34. The minimum absolute atomic E-state index is 0.0773. The van der Waals surface area contributed by atoms with Crippen LogP contribution in [0.2, 0.25) is 0 Å². The molecule has 0 saturated carbocycles. The van der Waals surface area contributed by atoms with Crippen molar-refractivity contribution in [3.63, 3.8) is 0 Å². The van der Waals surface area contributed by atoms with E-state index in [4.69, 9.17) is 5.26 Å². The van der Waals surface area contributed by atoms with Crippen LogP contribution in [0, 0.1) is 17.1 Å². The number of nitriles is 1. The molecule has 1 unspecified atom stereocenters. The van der Waals surface area contributed by atoms with Gasteiger partial charge in [-0.3, -0.25) is 4.90 Å². The molecule has 1 N–H and O–H groups in total. The van der Waals surface area contributed by atoms with E-state index in [0.717, 1.165) is 6.54 Å². The van der Waals surface area contributed by atoms with E-state index in [1.54, 1.807) is 19.1 Å². The van der Waals surface area contributed by atoms with Crippen LogP contribution in [0.15, 0.2) is 18.2 Å². The van der Waals surface area contributed by atoms with Crippen molar-refractivity contribution in [2.75, 3.05) is 13.1 Å². The maximum Gasteiger partial charge on any atom is 0.145 e. The quantitative estimate of drug-likeness (QED) is 0.846. The zero-order valence-electron chi connectivity index (χ0n) is 9.78. The highest BCUT2D eigenvalue weighted by Crippen LogP contribution is 2.23. The molecule has 3 nitrogen and oxygen atoms in total. The first-order chi connectivity index (χ1) is 8.02. The van der Waals surface area contributed by atoms with E-state index in [0.29, 0.717) is 25.1 Å².